The smallest absolute Gasteiger partial charge is 0.240 e. The summed E-state index contributed by atoms with van der Waals surface area (Å²) in [5.74, 6) is 0.255. The van der Waals surface area contributed by atoms with E-state index >= 15 is 0 Å². The number of aromatic nitrogens is 2. The number of anilines is 1. The van der Waals surface area contributed by atoms with Crippen LogP contribution in [0, 0.1) is 5.82 Å². The third-order valence-corrected chi connectivity index (χ3v) is 4.73. The Morgan fingerprint density at radius 3 is 2.78 bits per heavy atom. The molecule has 27 heavy (non-hydrogen) atoms. The first kappa shape index (κ1) is 19.6. The van der Waals surface area contributed by atoms with Crippen LogP contribution in [-0.4, -0.2) is 51.8 Å². The van der Waals surface area contributed by atoms with E-state index in [-0.39, 0.29) is 28.6 Å². The van der Waals surface area contributed by atoms with Gasteiger partial charge in [-0.1, -0.05) is 11.6 Å². The molecule has 0 saturated carbocycles. The molecule has 1 saturated heterocycles. The van der Waals surface area contributed by atoms with Gasteiger partial charge in [-0.05, 0) is 32.0 Å². The fraction of sp³-hybridized carbons (Fsp3) is 0.389. The lowest BCUT2D eigenvalue weighted by Crippen LogP contribution is -2.55. The van der Waals surface area contributed by atoms with Gasteiger partial charge >= 0.3 is 0 Å². The number of amides is 1. The number of benzene rings is 1. The summed E-state index contributed by atoms with van der Waals surface area (Å²) < 4.78 is 19.4. The first-order chi connectivity index (χ1) is 12.8. The number of ether oxygens (including phenoxy) is 1. The molecule has 1 aliphatic rings. The van der Waals surface area contributed by atoms with E-state index in [4.69, 9.17) is 27.9 Å². The Morgan fingerprint density at radius 2 is 2.11 bits per heavy atom. The molecule has 2 heterocycles. The van der Waals surface area contributed by atoms with Crippen LogP contribution in [0.25, 0.3) is 0 Å². The number of nitrogens with zero attached hydrogens (tertiary/aromatic N) is 4. The third-order valence-electron chi connectivity index (χ3n) is 4.31. The number of carbonyl (C=O) groups excluding carboxylic acids is 1. The van der Waals surface area contributed by atoms with Crippen molar-refractivity contribution in [3.05, 3.63) is 41.4 Å². The van der Waals surface area contributed by atoms with Crippen molar-refractivity contribution < 1.29 is 13.9 Å². The Morgan fingerprint density at radius 1 is 1.33 bits per heavy atom. The van der Waals surface area contributed by atoms with Gasteiger partial charge in [0.2, 0.25) is 11.8 Å². The molecule has 0 radical (unpaired) electrons. The van der Waals surface area contributed by atoms with Crippen molar-refractivity contribution in [3.8, 4) is 11.6 Å². The second-order valence-corrected chi connectivity index (χ2v) is 7.43. The van der Waals surface area contributed by atoms with Crippen molar-refractivity contribution in [1.29, 1.82) is 0 Å². The number of halogens is 3. The standard InChI is InChI=1S/C18H19Cl2FN4O2/c1-11-9-24(5-6-25(11)18(26)12(2)19)16-8-17(23-10-22-16)27-15-4-3-13(20)7-14(15)21/h3-4,7-8,10-12H,5-6,9H2,1-2H3. The lowest BCUT2D eigenvalue weighted by Gasteiger charge is -2.40. The predicted molar refractivity (Wildman–Crippen MR) is 102 cm³/mol. The number of alkyl halides is 1. The Balaban J connectivity index is 1.72. The van der Waals surface area contributed by atoms with Gasteiger partial charge in [0.1, 0.15) is 17.5 Å². The molecular formula is C18H19Cl2FN4O2. The maximum absolute atomic E-state index is 13.9. The summed E-state index contributed by atoms with van der Waals surface area (Å²) in [7, 11) is 0. The highest BCUT2D eigenvalue weighted by molar-refractivity contribution is 6.30. The van der Waals surface area contributed by atoms with Crippen LogP contribution in [0.1, 0.15) is 13.8 Å². The van der Waals surface area contributed by atoms with Crippen LogP contribution in [0.15, 0.2) is 30.6 Å². The van der Waals surface area contributed by atoms with Gasteiger partial charge in [-0.25, -0.2) is 14.4 Å². The highest BCUT2D eigenvalue weighted by Crippen LogP contribution is 2.27. The van der Waals surface area contributed by atoms with Crippen molar-refractivity contribution >= 4 is 34.9 Å². The Kier molecular flexibility index (Phi) is 6.01. The van der Waals surface area contributed by atoms with E-state index in [0.717, 1.165) is 0 Å². The fourth-order valence-electron chi connectivity index (χ4n) is 2.95. The first-order valence-electron chi connectivity index (χ1n) is 8.49. The van der Waals surface area contributed by atoms with Gasteiger partial charge in [-0.15, -0.1) is 11.6 Å². The van der Waals surface area contributed by atoms with Crippen molar-refractivity contribution in [2.24, 2.45) is 0 Å². The van der Waals surface area contributed by atoms with Gasteiger partial charge in [-0.2, -0.15) is 0 Å². The second-order valence-electron chi connectivity index (χ2n) is 6.33. The summed E-state index contributed by atoms with van der Waals surface area (Å²) in [6.45, 7) is 5.38. The van der Waals surface area contributed by atoms with E-state index in [2.05, 4.69) is 9.97 Å². The van der Waals surface area contributed by atoms with Crippen LogP contribution in [0.3, 0.4) is 0 Å². The average molecular weight is 413 g/mol. The van der Waals surface area contributed by atoms with Gasteiger partial charge in [0.25, 0.3) is 0 Å². The molecule has 1 aliphatic heterocycles. The molecule has 0 bridgehead atoms. The van der Waals surface area contributed by atoms with Gasteiger partial charge < -0.3 is 14.5 Å². The summed E-state index contributed by atoms with van der Waals surface area (Å²) in [5, 5.41) is -0.261. The molecule has 0 spiro atoms. The predicted octanol–water partition coefficient (Wildman–Crippen LogP) is 3.73. The number of rotatable bonds is 4. The maximum atomic E-state index is 13.9. The highest BCUT2D eigenvalue weighted by atomic mass is 35.5. The van der Waals surface area contributed by atoms with Crippen LogP contribution < -0.4 is 9.64 Å². The summed E-state index contributed by atoms with van der Waals surface area (Å²) >= 11 is 11.7. The first-order valence-corrected chi connectivity index (χ1v) is 9.31. The normalized spacial score (nSPS) is 18.3. The zero-order valence-electron chi connectivity index (χ0n) is 14.9. The molecule has 0 aliphatic carbocycles. The van der Waals surface area contributed by atoms with Crippen LogP contribution in [-0.2, 0) is 4.79 Å². The summed E-state index contributed by atoms with van der Waals surface area (Å²) in [4.78, 5) is 24.3. The fourth-order valence-corrected chi connectivity index (χ4v) is 3.24. The Hall–Kier alpha value is -2.12. The summed E-state index contributed by atoms with van der Waals surface area (Å²) in [5.41, 5.74) is 0. The summed E-state index contributed by atoms with van der Waals surface area (Å²) in [6, 6.07) is 5.79. The zero-order valence-corrected chi connectivity index (χ0v) is 16.4. The Labute approximate surface area is 166 Å². The molecule has 0 N–H and O–H groups in total. The second kappa shape index (κ2) is 8.27. The van der Waals surface area contributed by atoms with Crippen LogP contribution >= 0.6 is 23.2 Å². The minimum Gasteiger partial charge on any atom is -0.436 e. The number of hydrogen-bond donors (Lipinski definition) is 0. The molecule has 1 aromatic heterocycles. The van der Waals surface area contributed by atoms with Crippen molar-refractivity contribution in [2.75, 3.05) is 24.5 Å². The summed E-state index contributed by atoms with van der Waals surface area (Å²) in [6.07, 6.45) is 1.36. The van der Waals surface area contributed by atoms with E-state index in [9.17, 15) is 9.18 Å². The molecule has 144 valence electrons. The van der Waals surface area contributed by atoms with E-state index in [1.807, 2.05) is 11.8 Å². The SMILES string of the molecule is CC(Cl)C(=O)N1CCN(c2cc(Oc3ccc(Cl)cc3F)ncn2)CC1C. The van der Waals surface area contributed by atoms with Crippen LogP contribution in [0.5, 0.6) is 11.6 Å². The number of hydrogen-bond acceptors (Lipinski definition) is 5. The van der Waals surface area contributed by atoms with Gasteiger partial charge in [0.05, 0.1) is 0 Å². The van der Waals surface area contributed by atoms with Crippen molar-refractivity contribution in [2.45, 2.75) is 25.3 Å². The van der Waals surface area contributed by atoms with Gasteiger partial charge in [0, 0.05) is 36.8 Å². The molecule has 6 nitrogen and oxygen atoms in total. The maximum Gasteiger partial charge on any atom is 0.240 e. The molecule has 2 aromatic rings. The molecule has 2 atom stereocenters. The molecule has 1 amide bonds. The third kappa shape index (κ3) is 4.59. The van der Waals surface area contributed by atoms with E-state index in [0.29, 0.717) is 25.5 Å². The molecule has 1 aromatic carbocycles. The molecule has 2 unspecified atom stereocenters. The molecular weight excluding hydrogens is 394 g/mol. The number of piperazine rings is 1. The minimum atomic E-state index is -0.571. The van der Waals surface area contributed by atoms with Crippen LogP contribution in [0.2, 0.25) is 5.02 Å². The van der Waals surface area contributed by atoms with E-state index < -0.39 is 11.2 Å². The number of carbonyl (C=O) groups is 1. The minimum absolute atomic E-state index is 0.0134. The molecule has 1 fully saturated rings. The lowest BCUT2D eigenvalue weighted by atomic mass is 10.1. The topological polar surface area (TPSA) is 58.6 Å². The van der Waals surface area contributed by atoms with Gasteiger partial charge in [-0.3, -0.25) is 4.79 Å². The van der Waals surface area contributed by atoms with Crippen molar-refractivity contribution in [3.63, 3.8) is 0 Å². The van der Waals surface area contributed by atoms with Gasteiger partial charge in [0.15, 0.2) is 11.6 Å². The monoisotopic (exact) mass is 412 g/mol. The average Bonchev–Trinajstić information content (AvgIpc) is 2.63. The van der Waals surface area contributed by atoms with E-state index in [1.54, 1.807) is 17.9 Å². The Bertz CT molecular complexity index is 837. The van der Waals surface area contributed by atoms with E-state index in [1.165, 1.54) is 24.5 Å². The molecule has 3 rings (SSSR count). The largest absolute Gasteiger partial charge is 0.436 e. The molecule has 9 heteroatoms. The lowest BCUT2D eigenvalue weighted by molar-refractivity contribution is -0.132. The zero-order chi connectivity index (χ0) is 19.6. The quantitative estimate of drug-likeness (QED) is 0.716. The van der Waals surface area contributed by atoms with Crippen LogP contribution in [0.4, 0.5) is 10.2 Å². The van der Waals surface area contributed by atoms with Crippen molar-refractivity contribution in [1.82, 2.24) is 14.9 Å². The highest BCUT2D eigenvalue weighted by Gasteiger charge is 2.30.